The monoisotopic (exact) mass is 800 g/mol. The summed E-state index contributed by atoms with van der Waals surface area (Å²) in [5.41, 5.74) is 3.90. The second-order valence-electron chi connectivity index (χ2n) is 14.6. The van der Waals surface area contributed by atoms with Crippen LogP contribution in [-0.4, -0.2) is 87.2 Å². The number of aromatic nitrogens is 1. The third kappa shape index (κ3) is 10.4. The van der Waals surface area contributed by atoms with Gasteiger partial charge in [-0.05, 0) is 99.1 Å². The van der Waals surface area contributed by atoms with Gasteiger partial charge in [0.1, 0.15) is 42.1 Å². The van der Waals surface area contributed by atoms with Crippen molar-refractivity contribution in [3.63, 3.8) is 0 Å². The first-order valence-electron chi connectivity index (χ1n) is 18.7. The summed E-state index contributed by atoms with van der Waals surface area (Å²) in [6.45, 7) is 7.25. The molecule has 0 amide bonds. The Morgan fingerprint density at radius 2 is 1.63 bits per heavy atom. The number of carboxylic acids is 2. The average Bonchev–Trinajstić information content (AvgIpc) is 3.21. The molecular formula is C43H49ClN4O9. The minimum Gasteiger partial charge on any atom is -0.493 e. The van der Waals surface area contributed by atoms with Crippen molar-refractivity contribution in [2.45, 2.75) is 65.3 Å². The lowest BCUT2D eigenvalue weighted by Crippen LogP contribution is -2.52. The van der Waals surface area contributed by atoms with Gasteiger partial charge in [0.05, 0.1) is 35.8 Å². The fourth-order valence-corrected chi connectivity index (χ4v) is 6.94. The smallest absolute Gasteiger partial charge is 0.326 e. The molecule has 302 valence electrons. The molecule has 5 rings (SSSR count). The summed E-state index contributed by atoms with van der Waals surface area (Å²) < 4.78 is 18.7. The van der Waals surface area contributed by atoms with E-state index >= 15 is 0 Å². The zero-order valence-electron chi connectivity index (χ0n) is 32.4. The van der Waals surface area contributed by atoms with Crippen molar-refractivity contribution in [1.29, 1.82) is 5.26 Å². The van der Waals surface area contributed by atoms with E-state index in [9.17, 15) is 35.3 Å². The largest absolute Gasteiger partial charge is 0.493 e. The van der Waals surface area contributed by atoms with Gasteiger partial charge >= 0.3 is 11.9 Å². The van der Waals surface area contributed by atoms with Gasteiger partial charge in [-0.1, -0.05) is 41.9 Å². The first-order chi connectivity index (χ1) is 27.3. The van der Waals surface area contributed by atoms with Crippen LogP contribution in [0.15, 0.2) is 67.0 Å². The number of nitriles is 1. The van der Waals surface area contributed by atoms with Crippen molar-refractivity contribution in [3.8, 4) is 34.4 Å². The molecule has 1 aliphatic heterocycles. The number of rotatable bonds is 19. The van der Waals surface area contributed by atoms with Gasteiger partial charge in [-0.2, -0.15) is 5.26 Å². The van der Waals surface area contributed by atoms with E-state index in [1.807, 2.05) is 38.1 Å². The molecule has 1 aromatic heterocycles. The standard InChI is InChI=1S/C43H49ClN4O9/c1-28-32(7-4-8-34(28)35-9-5-10-37(29(35)2)55-16-6-13-48-14-11-43(27-50,12-15-48)41(53)54)25-57-39-19-38(56-24-31-17-30(20-45)21-46-22-31)33(18-36(39)44)23-47-42(3,26-49)40(51)52/h4-5,7-10,17-19,21-22,47,49-50H,6,11-16,23-27H2,1-3H3,(H,51,52)(H,53,54)/t42-/m1/s1. The highest BCUT2D eigenvalue weighted by atomic mass is 35.5. The van der Waals surface area contributed by atoms with Gasteiger partial charge < -0.3 is 39.5 Å². The SMILES string of the molecule is Cc1c(COc2cc(OCc3cncc(C#N)c3)c(CN[C@](C)(CO)C(=O)O)cc2Cl)cccc1-c1cccc(OCCCN2CCC(CO)(C(=O)O)CC2)c1C. The molecule has 14 heteroatoms. The van der Waals surface area contributed by atoms with Crippen LogP contribution in [-0.2, 0) is 29.3 Å². The van der Waals surface area contributed by atoms with Crippen molar-refractivity contribution in [3.05, 3.63) is 105 Å². The van der Waals surface area contributed by atoms with Gasteiger partial charge in [-0.15, -0.1) is 0 Å². The number of aliphatic hydroxyl groups is 2. The number of halogens is 1. The summed E-state index contributed by atoms with van der Waals surface area (Å²) in [5, 5.41) is 51.1. The van der Waals surface area contributed by atoms with E-state index in [0.29, 0.717) is 60.7 Å². The summed E-state index contributed by atoms with van der Waals surface area (Å²) >= 11 is 6.73. The molecule has 0 saturated carbocycles. The Bertz CT molecular complexity index is 2100. The highest BCUT2D eigenvalue weighted by Gasteiger charge is 2.41. The van der Waals surface area contributed by atoms with Gasteiger partial charge in [-0.3, -0.25) is 19.9 Å². The van der Waals surface area contributed by atoms with Crippen molar-refractivity contribution in [2.75, 3.05) is 39.5 Å². The second kappa shape index (κ2) is 19.3. The van der Waals surface area contributed by atoms with Crippen LogP contribution < -0.4 is 19.5 Å². The fourth-order valence-electron chi connectivity index (χ4n) is 6.70. The lowest BCUT2D eigenvalue weighted by molar-refractivity contribution is -0.155. The Hall–Kier alpha value is -5.23. The number of benzene rings is 3. The maximum Gasteiger partial charge on any atom is 0.326 e. The molecule has 3 aromatic carbocycles. The molecule has 1 saturated heterocycles. The highest BCUT2D eigenvalue weighted by Crippen LogP contribution is 2.37. The van der Waals surface area contributed by atoms with Crippen LogP contribution in [0.4, 0.5) is 0 Å². The molecular weight excluding hydrogens is 752 g/mol. The number of likely N-dealkylation sites (tertiary alicyclic amines) is 1. The number of ether oxygens (including phenoxy) is 3. The fraction of sp³-hybridized carbons (Fsp3) is 0.395. The molecule has 1 atom stereocenters. The van der Waals surface area contributed by atoms with Crippen molar-refractivity contribution in [1.82, 2.24) is 15.2 Å². The van der Waals surface area contributed by atoms with Crippen LogP contribution >= 0.6 is 11.6 Å². The molecule has 0 bridgehead atoms. The van der Waals surface area contributed by atoms with Crippen molar-refractivity contribution in [2.24, 2.45) is 5.41 Å². The van der Waals surface area contributed by atoms with Gasteiger partial charge in [0.2, 0.25) is 0 Å². The third-order valence-electron chi connectivity index (χ3n) is 10.7. The number of nitrogens with one attached hydrogen (secondary N) is 1. The molecule has 57 heavy (non-hydrogen) atoms. The van der Waals surface area contributed by atoms with E-state index in [0.717, 1.165) is 46.5 Å². The third-order valence-corrected chi connectivity index (χ3v) is 11.0. The van der Waals surface area contributed by atoms with Gasteiger partial charge in [0.15, 0.2) is 0 Å². The Morgan fingerprint density at radius 3 is 2.30 bits per heavy atom. The van der Waals surface area contributed by atoms with Crippen LogP contribution in [0.1, 0.15) is 59.6 Å². The highest BCUT2D eigenvalue weighted by molar-refractivity contribution is 6.32. The zero-order valence-corrected chi connectivity index (χ0v) is 33.1. The molecule has 4 aromatic rings. The van der Waals surface area contributed by atoms with E-state index in [-0.39, 0.29) is 31.4 Å². The Morgan fingerprint density at radius 1 is 0.930 bits per heavy atom. The summed E-state index contributed by atoms with van der Waals surface area (Å²) in [4.78, 5) is 29.8. The van der Waals surface area contributed by atoms with Crippen LogP contribution in [0.25, 0.3) is 11.1 Å². The van der Waals surface area contributed by atoms with E-state index in [2.05, 4.69) is 33.4 Å². The minimum absolute atomic E-state index is 0.0114. The van der Waals surface area contributed by atoms with Crippen molar-refractivity contribution >= 4 is 23.5 Å². The van der Waals surface area contributed by atoms with E-state index in [1.54, 1.807) is 24.4 Å². The maximum atomic E-state index is 11.8. The first kappa shape index (κ1) is 42.9. The number of hydrogen-bond acceptors (Lipinski definition) is 11. The number of piperidine rings is 1. The molecule has 0 aliphatic carbocycles. The number of nitrogens with zero attached hydrogens (tertiary/aromatic N) is 3. The topological polar surface area (TPSA) is 195 Å². The quantitative estimate of drug-likeness (QED) is 0.0705. The Labute approximate surface area is 337 Å². The van der Waals surface area contributed by atoms with E-state index < -0.39 is 29.5 Å². The molecule has 0 unspecified atom stereocenters. The molecule has 2 heterocycles. The predicted octanol–water partition coefficient (Wildman–Crippen LogP) is 5.90. The summed E-state index contributed by atoms with van der Waals surface area (Å²) in [6.07, 6.45) is 4.67. The van der Waals surface area contributed by atoms with Crippen molar-refractivity contribution < 1.29 is 44.2 Å². The minimum atomic E-state index is -1.61. The molecule has 13 nitrogen and oxygen atoms in total. The van der Waals surface area contributed by atoms with E-state index in [1.165, 1.54) is 13.1 Å². The first-order valence-corrected chi connectivity index (χ1v) is 19.1. The average molecular weight is 801 g/mol. The molecule has 1 fully saturated rings. The predicted molar refractivity (Wildman–Crippen MR) is 213 cm³/mol. The summed E-state index contributed by atoms with van der Waals surface area (Å²) in [6, 6.07) is 19.0. The van der Waals surface area contributed by atoms with Crippen LogP contribution in [0, 0.1) is 30.6 Å². The van der Waals surface area contributed by atoms with Crippen LogP contribution in [0.3, 0.4) is 0 Å². The number of aliphatic carboxylic acids is 2. The number of carboxylic acid groups (broad SMARTS) is 2. The van der Waals surface area contributed by atoms with Gasteiger partial charge in [-0.25, -0.2) is 0 Å². The molecule has 5 N–H and O–H groups in total. The van der Waals surface area contributed by atoms with Crippen LogP contribution in [0.2, 0.25) is 5.02 Å². The lowest BCUT2D eigenvalue weighted by Gasteiger charge is -2.37. The zero-order chi connectivity index (χ0) is 41.2. The van der Waals surface area contributed by atoms with Gasteiger partial charge in [0, 0.05) is 42.7 Å². The maximum absolute atomic E-state index is 11.8. The summed E-state index contributed by atoms with van der Waals surface area (Å²) in [5.74, 6) is -0.654. The Balaban J connectivity index is 1.27. The molecule has 0 spiro atoms. The normalized spacial score (nSPS) is 15.0. The number of carbonyl (C=O) groups is 2. The number of aliphatic hydroxyl groups excluding tert-OH is 2. The second-order valence-corrected chi connectivity index (χ2v) is 15.0. The van der Waals surface area contributed by atoms with Crippen LogP contribution in [0.5, 0.6) is 17.2 Å². The Kier molecular flexibility index (Phi) is 14.5. The molecule has 0 radical (unpaired) electrons. The summed E-state index contributed by atoms with van der Waals surface area (Å²) in [7, 11) is 0. The molecule has 1 aliphatic rings. The lowest BCUT2D eigenvalue weighted by atomic mass is 9.79. The van der Waals surface area contributed by atoms with E-state index in [4.69, 9.17) is 25.8 Å². The van der Waals surface area contributed by atoms with Gasteiger partial charge in [0.25, 0.3) is 0 Å². The number of hydrogen-bond donors (Lipinski definition) is 5. The number of pyridine rings is 1.